The number of fused-ring (bicyclic) bond motifs is 1. The summed E-state index contributed by atoms with van der Waals surface area (Å²) in [5, 5.41) is 5.08. The predicted molar refractivity (Wildman–Crippen MR) is 127 cm³/mol. The van der Waals surface area contributed by atoms with E-state index >= 15 is 0 Å². The van der Waals surface area contributed by atoms with E-state index in [1.165, 1.54) is 0 Å². The van der Waals surface area contributed by atoms with Crippen LogP contribution >= 0.6 is 0 Å². The molecule has 6 nitrogen and oxygen atoms in total. The molecule has 4 rings (SSSR count). The smallest absolute Gasteiger partial charge is 0.257 e. The van der Waals surface area contributed by atoms with Crippen molar-refractivity contribution in [1.29, 1.82) is 0 Å². The van der Waals surface area contributed by atoms with E-state index in [4.69, 9.17) is 4.74 Å². The number of rotatable bonds is 6. The Hall–Kier alpha value is -3.38. The second-order valence-corrected chi connectivity index (χ2v) is 8.03. The van der Waals surface area contributed by atoms with Crippen LogP contribution in [-0.4, -0.2) is 61.4 Å². The molecule has 1 aliphatic heterocycles. The van der Waals surface area contributed by atoms with Gasteiger partial charge >= 0.3 is 0 Å². The summed E-state index contributed by atoms with van der Waals surface area (Å²) in [6, 6.07) is 19.6. The van der Waals surface area contributed by atoms with E-state index in [1.807, 2.05) is 65.6 Å². The maximum atomic E-state index is 13.2. The maximum Gasteiger partial charge on any atom is 0.257 e. The number of aryl methyl sites for hydroxylation is 1. The first kappa shape index (κ1) is 21.8. The molecule has 0 saturated carbocycles. The minimum absolute atomic E-state index is 0.0260. The highest BCUT2D eigenvalue weighted by molar-refractivity contribution is 6.01. The molecule has 1 saturated heterocycles. The van der Waals surface area contributed by atoms with Crippen molar-refractivity contribution in [3.63, 3.8) is 0 Å². The number of para-hydroxylation sites is 1. The molecular weight excluding hydrogens is 402 g/mol. The number of nitrogens with one attached hydrogen (secondary N) is 1. The van der Waals surface area contributed by atoms with Gasteiger partial charge in [-0.3, -0.25) is 14.5 Å². The lowest BCUT2D eigenvalue weighted by Crippen LogP contribution is -2.50. The molecule has 0 aliphatic carbocycles. The number of benzene rings is 3. The van der Waals surface area contributed by atoms with Gasteiger partial charge in [-0.2, -0.15) is 0 Å². The van der Waals surface area contributed by atoms with E-state index in [0.29, 0.717) is 44.0 Å². The van der Waals surface area contributed by atoms with Crippen LogP contribution in [0.1, 0.15) is 22.8 Å². The fraction of sp³-hybridized carbons (Fsp3) is 0.308. The minimum Gasteiger partial charge on any atom is -0.496 e. The molecule has 2 amide bonds. The van der Waals surface area contributed by atoms with Crippen molar-refractivity contribution >= 4 is 28.3 Å². The minimum atomic E-state index is -0.0337. The predicted octanol–water partition coefficient (Wildman–Crippen LogP) is 3.81. The summed E-state index contributed by atoms with van der Waals surface area (Å²) in [5.41, 5.74) is 2.58. The Labute approximate surface area is 188 Å². The monoisotopic (exact) mass is 431 g/mol. The van der Waals surface area contributed by atoms with Gasteiger partial charge in [-0.25, -0.2) is 0 Å². The van der Waals surface area contributed by atoms with Gasteiger partial charge in [0.2, 0.25) is 5.91 Å². The Kier molecular flexibility index (Phi) is 6.71. The van der Waals surface area contributed by atoms with E-state index in [2.05, 4.69) is 17.1 Å². The van der Waals surface area contributed by atoms with Crippen LogP contribution in [-0.2, 0) is 11.2 Å². The number of carbonyl (C=O) groups is 2. The topological polar surface area (TPSA) is 61.9 Å². The van der Waals surface area contributed by atoms with Gasteiger partial charge in [0.1, 0.15) is 5.75 Å². The van der Waals surface area contributed by atoms with Crippen LogP contribution in [0.2, 0.25) is 0 Å². The second-order valence-electron chi connectivity index (χ2n) is 8.03. The summed E-state index contributed by atoms with van der Waals surface area (Å²) < 4.78 is 5.50. The number of piperazine rings is 1. The Balaban J connectivity index is 1.37. The zero-order valence-corrected chi connectivity index (χ0v) is 18.6. The van der Waals surface area contributed by atoms with Crippen molar-refractivity contribution in [3.05, 3.63) is 71.8 Å². The summed E-state index contributed by atoms with van der Waals surface area (Å²) >= 11 is 0. The number of nitrogens with zero attached hydrogens (tertiary/aromatic N) is 2. The van der Waals surface area contributed by atoms with Gasteiger partial charge in [-0.15, -0.1) is 0 Å². The number of hydrogen-bond acceptors (Lipinski definition) is 4. The normalized spacial score (nSPS) is 14.4. The molecule has 166 valence electrons. The third-order valence-corrected chi connectivity index (χ3v) is 6.00. The van der Waals surface area contributed by atoms with Gasteiger partial charge in [0.05, 0.1) is 19.2 Å². The van der Waals surface area contributed by atoms with Crippen molar-refractivity contribution in [2.24, 2.45) is 0 Å². The van der Waals surface area contributed by atoms with Gasteiger partial charge < -0.3 is 15.0 Å². The quantitative estimate of drug-likeness (QED) is 0.645. The molecule has 0 spiro atoms. The van der Waals surface area contributed by atoms with Crippen LogP contribution in [0.15, 0.2) is 60.7 Å². The molecule has 1 aliphatic rings. The largest absolute Gasteiger partial charge is 0.496 e. The van der Waals surface area contributed by atoms with Crippen molar-refractivity contribution < 1.29 is 14.3 Å². The Morgan fingerprint density at radius 3 is 2.28 bits per heavy atom. The van der Waals surface area contributed by atoms with Gasteiger partial charge in [0.15, 0.2) is 0 Å². The number of methoxy groups -OCH3 is 1. The Bertz CT molecular complexity index is 1120. The first-order valence-electron chi connectivity index (χ1n) is 11.0. The summed E-state index contributed by atoms with van der Waals surface area (Å²) in [4.78, 5) is 29.7. The number of anilines is 1. The zero-order chi connectivity index (χ0) is 22.5. The third kappa shape index (κ3) is 4.75. The van der Waals surface area contributed by atoms with Crippen LogP contribution in [0.3, 0.4) is 0 Å². The number of ether oxygens (including phenoxy) is 1. The summed E-state index contributed by atoms with van der Waals surface area (Å²) in [7, 11) is 1.59. The molecule has 32 heavy (non-hydrogen) atoms. The average Bonchev–Trinajstić information content (AvgIpc) is 2.83. The van der Waals surface area contributed by atoms with Crippen molar-refractivity contribution in [1.82, 2.24) is 9.80 Å². The molecular formula is C26H29N3O3. The standard InChI is InChI=1S/C26H29N3O3/c1-3-19-8-6-7-11-23(19)27-25(30)18-28-12-14-29(15-13-28)26(31)22-16-20-9-4-5-10-21(20)17-24(22)32-2/h4-11,16-17H,3,12-15,18H2,1-2H3,(H,27,30). The van der Waals surface area contributed by atoms with Crippen LogP contribution < -0.4 is 10.1 Å². The number of carbonyl (C=O) groups excluding carboxylic acids is 2. The van der Waals surface area contributed by atoms with Crippen LogP contribution in [0.5, 0.6) is 5.75 Å². The Morgan fingerprint density at radius 1 is 0.938 bits per heavy atom. The fourth-order valence-corrected chi connectivity index (χ4v) is 4.18. The lowest BCUT2D eigenvalue weighted by Gasteiger charge is -2.34. The maximum absolute atomic E-state index is 13.2. The summed E-state index contributed by atoms with van der Waals surface area (Å²) in [6.07, 6.45) is 0.871. The molecule has 0 bridgehead atoms. The van der Waals surface area contributed by atoms with Crippen LogP contribution in [0, 0.1) is 0 Å². The first-order valence-corrected chi connectivity index (χ1v) is 11.0. The molecule has 1 heterocycles. The van der Waals surface area contributed by atoms with Gasteiger partial charge in [-0.05, 0) is 41.0 Å². The molecule has 0 radical (unpaired) electrons. The van der Waals surface area contributed by atoms with Crippen LogP contribution in [0.25, 0.3) is 10.8 Å². The van der Waals surface area contributed by atoms with E-state index < -0.39 is 0 Å². The highest BCUT2D eigenvalue weighted by Crippen LogP contribution is 2.27. The van der Waals surface area contributed by atoms with Crippen LogP contribution in [0.4, 0.5) is 5.69 Å². The Morgan fingerprint density at radius 2 is 1.59 bits per heavy atom. The summed E-state index contributed by atoms with van der Waals surface area (Å²) in [6.45, 7) is 4.86. The molecule has 0 atom stereocenters. The van der Waals surface area contributed by atoms with E-state index in [-0.39, 0.29) is 11.8 Å². The fourth-order valence-electron chi connectivity index (χ4n) is 4.18. The summed E-state index contributed by atoms with van der Waals surface area (Å²) in [5.74, 6) is 0.528. The number of hydrogen-bond donors (Lipinski definition) is 1. The lowest BCUT2D eigenvalue weighted by atomic mass is 10.0. The van der Waals surface area contributed by atoms with Gasteiger partial charge in [0.25, 0.3) is 5.91 Å². The molecule has 1 N–H and O–H groups in total. The number of amides is 2. The van der Waals surface area contributed by atoms with Crippen molar-refractivity contribution in [3.8, 4) is 5.75 Å². The molecule has 3 aromatic carbocycles. The highest BCUT2D eigenvalue weighted by Gasteiger charge is 2.25. The SMILES string of the molecule is CCc1ccccc1NC(=O)CN1CCN(C(=O)c2cc3ccccc3cc2OC)CC1. The van der Waals surface area contributed by atoms with Gasteiger partial charge in [0, 0.05) is 31.9 Å². The molecule has 1 fully saturated rings. The molecule has 3 aromatic rings. The van der Waals surface area contributed by atoms with E-state index in [1.54, 1.807) is 7.11 Å². The van der Waals surface area contributed by atoms with E-state index in [0.717, 1.165) is 28.4 Å². The third-order valence-electron chi connectivity index (χ3n) is 6.00. The molecule has 6 heteroatoms. The highest BCUT2D eigenvalue weighted by atomic mass is 16.5. The average molecular weight is 432 g/mol. The molecule has 0 aromatic heterocycles. The van der Waals surface area contributed by atoms with Crippen molar-refractivity contribution in [2.75, 3.05) is 45.2 Å². The second kappa shape index (κ2) is 9.83. The zero-order valence-electron chi connectivity index (χ0n) is 18.6. The lowest BCUT2D eigenvalue weighted by molar-refractivity contribution is -0.117. The first-order chi connectivity index (χ1) is 15.6. The van der Waals surface area contributed by atoms with Gasteiger partial charge in [-0.1, -0.05) is 49.4 Å². The van der Waals surface area contributed by atoms with Crippen molar-refractivity contribution in [2.45, 2.75) is 13.3 Å². The molecule has 0 unspecified atom stereocenters. The van der Waals surface area contributed by atoms with E-state index in [9.17, 15) is 9.59 Å².